The van der Waals surface area contributed by atoms with Crippen LogP contribution in [0.15, 0.2) is 91.0 Å². The first-order chi connectivity index (χ1) is 21.8. The first-order valence-electron chi connectivity index (χ1n) is 15.2. The van der Waals surface area contributed by atoms with Gasteiger partial charge in [0.05, 0.1) is 0 Å². The molecule has 0 aliphatic heterocycles. The van der Waals surface area contributed by atoms with Crippen LogP contribution < -0.4 is 21.7 Å². The zero-order valence-electron chi connectivity index (χ0n) is 26.4. The lowest BCUT2D eigenvalue weighted by molar-refractivity contribution is -0.131. The molecule has 3 rings (SSSR count). The van der Waals surface area contributed by atoms with Crippen molar-refractivity contribution >= 4 is 37.1 Å². The Hall–Kier alpha value is -4.53. The van der Waals surface area contributed by atoms with Gasteiger partial charge in [0.1, 0.15) is 24.0 Å². The van der Waals surface area contributed by atoms with Gasteiger partial charge >= 0.3 is 0 Å². The van der Waals surface area contributed by atoms with E-state index in [-0.39, 0.29) is 25.2 Å². The molecule has 0 radical (unpaired) electrons. The van der Waals surface area contributed by atoms with E-state index in [4.69, 9.17) is 5.73 Å². The Labute approximate surface area is 270 Å². The van der Waals surface area contributed by atoms with Crippen LogP contribution in [-0.4, -0.2) is 52.6 Å². The third-order valence-corrected chi connectivity index (χ3v) is 9.23. The Morgan fingerprint density at radius 3 is 2.13 bits per heavy atom. The number of rotatable bonds is 16. The summed E-state index contributed by atoms with van der Waals surface area (Å²) in [6.07, 6.45) is 3.03. The standard InChI is InChI=1S/C35H43N4O6P/c1-24(2)20-30(35(43)38-29(33(36)41)19-11-17-26-13-6-4-7-14-26)37-31(40)23-46(44,45)32(22-27-15-8-5-9-16-27)39-34(42)28-18-10-12-25(3)21-28/h4-18,21,24,29-30,32H,19-20,22-23H2,1-3H3,(H2,36,41)(H,37,40)(H,38,43)(H,39,42)(H,44,45)/t29-,30-,32?/m0/s1. The van der Waals surface area contributed by atoms with Gasteiger partial charge in [0.25, 0.3) is 5.91 Å². The molecule has 0 spiro atoms. The minimum Gasteiger partial charge on any atom is -0.368 e. The molecule has 0 aliphatic rings. The SMILES string of the molecule is Cc1cccc(C(=O)NC(Cc2ccccc2)P(=O)(O)CC(=O)N[C@@H](CC(C)C)C(=O)N[C@@H](CC=Cc2ccccc2)C(N)=O)c1. The summed E-state index contributed by atoms with van der Waals surface area (Å²) in [5.74, 6) is -4.08. The fraction of sp³-hybridized carbons (Fsp3) is 0.314. The Morgan fingerprint density at radius 1 is 0.870 bits per heavy atom. The van der Waals surface area contributed by atoms with Crippen molar-refractivity contribution in [3.63, 3.8) is 0 Å². The largest absolute Gasteiger partial charge is 0.368 e. The first kappa shape index (κ1) is 35.9. The summed E-state index contributed by atoms with van der Waals surface area (Å²) in [5.41, 5.74) is 8.33. The molecule has 11 heteroatoms. The van der Waals surface area contributed by atoms with Crippen molar-refractivity contribution in [3.8, 4) is 0 Å². The third kappa shape index (κ3) is 11.8. The summed E-state index contributed by atoms with van der Waals surface area (Å²) in [7, 11) is -4.38. The number of hydrogen-bond acceptors (Lipinski definition) is 5. The molecule has 46 heavy (non-hydrogen) atoms. The highest BCUT2D eigenvalue weighted by Gasteiger charge is 2.36. The number of hydrogen-bond donors (Lipinski definition) is 5. The van der Waals surface area contributed by atoms with E-state index in [0.717, 1.165) is 11.1 Å². The highest BCUT2D eigenvalue weighted by atomic mass is 31.2. The van der Waals surface area contributed by atoms with Gasteiger partial charge in [-0.05, 0) is 48.9 Å². The molecule has 0 saturated heterocycles. The van der Waals surface area contributed by atoms with Gasteiger partial charge in [0, 0.05) is 12.0 Å². The van der Waals surface area contributed by atoms with E-state index < -0.39 is 55.0 Å². The molecular weight excluding hydrogens is 603 g/mol. The second kappa shape index (κ2) is 17.2. The van der Waals surface area contributed by atoms with Crippen LogP contribution in [0.4, 0.5) is 0 Å². The number of carbonyl (C=O) groups is 4. The maximum Gasteiger partial charge on any atom is 0.251 e. The number of aryl methyl sites for hydroxylation is 1. The molecule has 0 bridgehead atoms. The zero-order valence-corrected chi connectivity index (χ0v) is 27.3. The van der Waals surface area contributed by atoms with Crippen molar-refractivity contribution in [1.29, 1.82) is 0 Å². The third-order valence-electron chi connectivity index (χ3n) is 7.21. The second-order valence-electron chi connectivity index (χ2n) is 11.7. The van der Waals surface area contributed by atoms with Gasteiger partial charge in [-0.3, -0.25) is 23.7 Å². The predicted octanol–water partition coefficient (Wildman–Crippen LogP) is 4.17. The monoisotopic (exact) mass is 646 g/mol. The first-order valence-corrected chi connectivity index (χ1v) is 17.1. The average Bonchev–Trinajstić information content (AvgIpc) is 3.00. The number of nitrogens with one attached hydrogen (secondary N) is 3. The molecular formula is C35H43N4O6P. The Bertz CT molecular complexity index is 1560. The van der Waals surface area contributed by atoms with Crippen molar-refractivity contribution in [3.05, 3.63) is 113 Å². The molecule has 6 N–H and O–H groups in total. The van der Waals surface area contributed by atoms with E-state index in [2.05, 4.69) is 16.0 Å². The van der Waals surface area contributed by atoms with Gasteiger partial charge in [-0.25, -0.2) is 0 Å². The van der Waals surface area contributed by atoms with E-state index >= 15 is 0 Å². The lowest BCUT2D eigenvalue weighted by Gasteiger charge is -2.26. The van der Waals surface area contributed by atoms with Gasteiger partial charge in [-0.15, -0.1) is 0 Å². The second-order valence-corrected chi connectivity index (χ2v) is 14.2. The van der Waals surface area contributed by atoms with Crippen molar-refractivity contribution in [2.75, 3.05) is 6.16 Å². The zero-order chi connectivity index (χ0) is 33.7. The molecule has 4 atom stereocenters. The van der Waals surface area contributed by atoms with E-state index in [0.29, 0.717) is 11.1 Å². The minimum atomic E-state index is -4.38. The van der Waals surface area contributed by atoms with Crippen LogP contribution in [0.2, 0.25) is 0 Å². The maximum atomic E-state index is 13.7. The van der Waals surface area contributed by atoms with Crippen molar-refractivity contribution in [2.24, 2.45) is 11.7 Å². The van der Waals surface area contributed by atoms with Gasteiger partial charge < -0.3 is 26.6 Å². The number of nitrogens with two attached hydrogens (primary N) is 1. The molecule has 0 aliphatic carbocycles. The summed E-state index contributed by atoms with van der Waals surface area (Å²) >= 11 is 0. The van der Waals surface area contributed by atoms with Crippen LogP contribution in [0, 0.1) is 12.8 Å². The predicted molar refractivity (Wildman–Crippen MR) is 180 cm³/mol. The smallest absolute Gasteiger partial charge is 0.251 e. The summed E-state index contributed by atoms with van der Waals surface area (Å²) in [4.78, 5) is 63.0. The van der Waals surface area contributed by atoms with E-state index in [1.54, 1.807) is 60.7 Å². The highest BCUT2D eigenvalue weighted by molar-refractivity contribution is 7.59. The molecule has 0 aromatic heterocycles. The number of primary amides is 1. The quantitative estimate of drug-likeness (QED) is 0.147. The topological polar surface area (TPSA) is 168 Å². The number of benzene rings is 3. The Balaban J connectivity index is 1.73. The normalized spacial score (nSPS) is 14.5. The van der Waals surface area contributed by atoms with Crippen LogP contribution >= 0.6 is 7.37 Å². The maximum absolute atomic E-state index is 13.7. The number of amides is 4. The summed E-state index contributed by atoms with van der Waals surface area (Å²) in [5, 5.41) is 7.85. The minimum absolute atomic E-state index is 0.00610. The van der Waals surface area contributed by atoms with Gasteiger partial charge in [0.15, 0.2) is 0 Å². The summed E-state index contributed by atoms with van der Waals surface area (Å²) in [6, 6.07) is 23.0. The molecule has 0 fully saturated rings. The molecule has 0 heterocycles. The van der Waals surface area contributed by atoms with Gasteiger partial charge in [0.2, 0.25) is 25.1 Å². The van der Waals surface area contributed by atoms with Crippen molar-refractivity contribution < 1.29 is 28.6 Å². The summed E-state index contributed by atoms with van der Waals surface area (Å²) in [6.45, 7) is 5.54. The van der Waals surface area contributed by atoms with E-state index in [9.17, 15) is 28.6 Å². The molecule has 3 aromatic carbocycles. The molecule has 2 unspecified atom stereocenters. The van der Waals surface area contributed by atoms with Crippen LogP contribution in [-0.2, 0) is 25.4 Å². The molecule has 0 saturated carbocycles. The van der Waals surface area contributed by atoms with Gasteiger partial charge in [-0.2, -0.15) is 0 Å². The van der Waals surface area contributed by atoms with Gasteiger partial charge in [-0.1, -0.05) is 104 Å². The Morgan fingerprint density at radius 2 is 1.52 bits per heavy atom. The highest BCUT2D eigenvalue weighted by Crippen LogP contribution is 2.46. The van der Waals surface area contributed by atoms with Crippen LogP contribution in [0.5, 0.6) is 0 Å². The van der Waals surface area contributed by atoms with E-state index in [1.807, 2.05) is 57.2 Å². The molecule has 244 valence electrons. The molecule has 10 nitrogen and oxygen atoms in total. The lowest BCUT2D eigenvalue weighted by atomic mass is 10.0. The van der Waals surface area contributed by atoms with Crippen LogP contribution in [0.1, 0.15) is 53.7 Å². The van der Waals surface area contributed by atoms with Crippen LogP contribution in [0.25, 0.3) is 6.08 Å². The van der Waals surface area contributed by atoms with E-state index in [1.165, 1.54) is 0 Å². The fourth-order valence-electron chi connectivity index (χ4n) is 4.83. The number of carbonyl (C=O) groups excluding carboxylic acids is 4. The Kier molecular flexibility index (Phi) is 13.5. The lowest BCUT2D eigenvalue weighted by Crippen LogP contribution is -2.53. The average molecular weight is 647 g/mol. The fourth-order valence-corrected chi connectivity index (χ4v) is 6.37. The van der Waals surface area contributed by atoms with Crippen LogP contribution in [0.3, 0.4) is 0 Å². The van der Waals surface area contributed by atoms with Crippen molar-refractivity contribution in [2.45, 2.75) is 57.9 Å². The van der Waals surface area contributed by atoms with Crippen molar-refractivity contribution in [1.82, 2.24) is 16.0 Å². The molecule has 4 amide bonds. The summed E-state index contributed by atoms with van der Waals surface area (Å²) < 4.78 is 13.7. The molecule has 3 aromatic rings.